The van der Waals surface area contributed by atoms with E-state index in [2.05, 4.69) is 47.2 Å². The summed E-state index contributed by atoms with van der Waals surface area (Å²) in [6.45, 7) is 2.58. The van der Waals surface area contributed by atoms with Gasteiger partial charge in [0.25, 0.3) is 0 Å². The molecule has 0 saturated heterocycles. The van der Waals surface area contributed by atoms with Crippen LogP contribution in [0.3, 0.4) is 0 Å². The van der Waals surface area contributed by atoms with Crippen LogP contribution in [0.4, 0.5) is 0 Å². The van der Waals surface area contributed by atoms with Gasteiger partial charge in [-0.1, -0.05) is 18.2 Å². The van der Waals surface area contributed by atoms with E-state index in [0.717, 1.165) is 52.5 Å². The molecule has 0 fully saturated rings. The van der Waals surface area contributed by atoms with Crippen molar-refractivity contribution in [2.75, 3.05) is 0 Å². The van der Waals surface area contributed by atoms with Crippen LogP contribution in [0.1, 0.15) is 28.1 Å². The lowest BCUT2D eigenvalue weighted by molar-refractivity contribution is -0.102. The lowest BCUT2D eigenvalue weighted by Crippen LogP contribution is -2.07. The highest BCUT2D eigenvalue weighted by molar-refractivity contribution is 6.37. The first-order valence-corrected chi connectivity index (χ1v) is 8.07. The number of benzene rings is 1. The van der Waals surface area contributed by atoms with Crippen molar-refractivity contribution >= 4 is 22.9 Å². The zero-order valence-corrected chi connectivity index (χ0v) is 13.5. The Morgan fingerprint density at radius 3 is 2.88 bits per heavy atom. The van der Waals surface area contributed by atoms with Crippen LogP contribution < -0.4 is 0 Å². The van der Waals surface area contributed by atoms with Crippen LogP contribution >= 0.6 is 0 Å². The first-order chi connectivity index (χ1) is 11.7. The molecular formula is C20H17N3O. The van der Waals surface area contributed by atoms with E-state index in [9.17, 15) is 4.79 Å². The minimum absolute atomic E-state index is 0.505. The summed E-state index contributed by atoms with van der Waals surface area (Å²) in [4.78, 5) is 24.6. The highest BCUT2D eigenvalue weighted by atomic mass is 16.1. The Balaban J connectivity index is 1.61. The van der Waals surface area contributed by atoms with Crippen molar-refractivity contribution in [2.24, 2.45) is 4.99 Å². The molecule has 0 aliphatic carbocycles. The van der Waals surface area contributed by atoms with Crippen molar-refractivity contribution in [3.8, 4) is 0 Å². The Kier molecular flexibility index (Phi) is 3.65. The maximum absolute atomic E-state index is 11.2. The number of rotatable bonds is 4. The van der Waals surface area contributed by atoms with E-state index >= 15 is 0 Å². The fraction of sp³-hybridized carbons (Fsp3) is 0.200. The van der Waals surface area contributed by atoms with Gasteiger partial charge in [-0.3, -0.25) is 19.8 Å². The lowest BCUT2D eigenvalue weighted by atomic mass is 9.99. The molecule has 118 valence electrons. The second kappa shape index (κ2) is 5.96. The number of carbonyl (C=O) groups is 1. The molecule has 1 aliphatic rings. The average Bonchev–Trinajstić information content (AvgIpc) is 3.03. The van der Waals surface area contributed by atoms with Gasteiger partial charge in [-0.25, -0.2) is 0 Å². The van der Waals surface area contributed by atoms with Crippen molar-refractivity contribution < 1.29 is 4.79 Å². The molecule has 4 nitrogen and oxygen atoms in total. The highest BCUT2D eigenvalue weighted by Crippen LogP contribution is 2.22. The van der Waals surface area contributed by atoms with Crippen LogP contribution in [0.5, 0.6) is 0 Å². The van der Waals surface area contributed by atoms with Gasteiger partial charge in [-0.05, 0) is 49.1 Å². The third kappa shape index (κ3) is 2.60. The number of aromatic nitrogens is 2. The molecule has 0 radical (unpaired) electrons. The molecule has 0 amide bonds. The molecule has 4 rings (SSSR count). The van der Waals surface area contributed by atoms with Gasteiger partial charge in [-0.2, -0.15) is 0 Å². The second-order valence-corrected chi connectivity index (χ2v) is 6.11. The maximum atomic E-state index is 11.2. The van der Waals surface area contributed by atoms with Gasteiger partial charge < -0.3 is 0 Å². The number of fused-ring (bicyclic) bond motifs is 2. The molecular weight excluding hydrogens is 298 g/mol. The SMILES string of the molecule is Cc1ccc2ccc(CCc3ccnc4c3C(C=O)=NC4)nc2c1. The van der Waals surface area contributed by atoms with Gasteiger partial charge in [0.2, 0.25) is 0 Å². The van der Waals surface area contributed by atoms with E-state index in [-0.39, 0.29) is 0 Å². The molecule has 3 aromatic rings. The van der Waals surface area contributed by atoms with Crippen LogP contribution in [0.2, 0.25) is 0 Å². The van der Waals surface area contributed by atoms with Crippen LogP contribution in [-0.2, 0) is 24.2 Å². The summed E-state index contributed by atoms with van der Waals surface area (Å²) in [5.41, 5.74) is 6.76. The summed E-state index contributed by atoms with van der Waals surface area (Å²) < 4.78 is 0. The third-order valence-corrected chi connectivity index (χ3v) is 4.44. The molecule has 0 spiro atoms. The predicted molar refractivity (Wildman–Crippen MR) is 94.4 cm³/mol. The molecule has 24 heavy (non-hydrogen) atoms. The number of hydrogen-bond donors (Lipinski definition) is 0. The summed E-state index contributed by atoms with van der Waals surface area (Å²) in [6, 6.07) is 12.5. The quantitative estimate of drug-likeness (QED) is 0.695. The number of aldehydes is 1. The van der Waals surface area contributed by atoms with E-state index in [0.29, 0.717) is 12.3 Å². The summed E-state index contributed by atoms with van der Waals surface area (Å²) >= 11 is 0. The molecule has 4 heteroatoms. The normalized spacial score (nSPS) is 13.0. The van der Waals surface area contributed by atoms with Crippen LogP contribution in [0, 0.1) is 6.92 Å². The van der Waals surface area contributed by atoms with Gasteiger partial charge in [0.1, 0.15) is 5.71 Å². The molecule has 0 N–H and O–H groups in total. The Labute approximate surface area is 140 Å². The fourth-order valence-corrected chi connectivity index (χ4v) is 3.20. The van der Waals surface area contributed by atoms with Crippen molar-refractivity contribution in [1.82, 2.24) is 9.97 Å². The summed E-state index contributed by atoms with van der Waals surface area (Å²) in [6.07, 6.45) is 4.27. The molecule has 2 aromatic heterocycles. The molecule has 1 aromatic carbocycles. The Morgan fingerprint density at radius 1 is 1.12 bits per heavy atom. The molecule has 1 aliphatic heterocycles. The lowest BCUT2D eigenvalue weighted by Gasteiger charge is -2.08. The molecule has 0 saturated carbocycles. The fourth-order valence-electron chi connectivity index (χ4n) is 3.20. The monoisotopic (exact) mass is 315 g/mol. The second-order valence-electron chi connectivity index (χ2n) is 6.11. The largest absolute Gasteiger partial charge is 0.296 e. The van der Waals surface area contributed by atoms with E-state index in [1.54, 1.807) is 6.20 Å². The molecule has 0 bridgehead atoms. The molecule has 0 atom stereocenters. The highest BCUT2D eigenvalue weighted by Gasteiger charge is 2.20. The van der Waals surface area contributed by atoms with Crippen LogP contribution in [-0.4, -0.2) is 22.0 Å². The zero-order valence-electron chi connectivity index (χ0n) is 13.5. The zero-order chi connectivity index (χ0) is 16.5. The van der Waals surface area contributed by atoms with E-state index in [1.807, 2.05) is 6.07 Å². The van der Waals surface area contributed by atoms with Gasteiger partial charge in [0.05, 0.1) is 17.8 Å². The Hall–Kier alpha value is -2.88. The van der Waals surface area contributed by atoms with E-state index < -0.39 is 0 Å². The van der Waals surface area contributed by atoms with Crippen molar-refractivity contribution in [1.29, 1.82) is 0 Å². The Morgan fingerprint density at radius 2 is 2.00 bits per heavy atom. The van der Waals surface area contributed by atoms with E-state index in [1.165, 1.54) is 5.56 Å². The van der Waals surface area contributed by atoms with Gasteiger partial charge in [0, 0.05) is 22.8 Å². The van der Waals surface area contributed by atoms with Crippen LogP contribution in [0.15, 0.2) is 47.6 Å². The van der Waals surface area contributed by atoms with Crippen molar-refractivity contribution in [3.05, 3.63) is 70.7 Å². The number of aryl methyl sites for hydroxylation is 3. The number of hydrogen-bond acceptors (Lipinski definition) is 4. The topological polar surface area (TPSA) is 55.2 Å². The van der Waals surface area contributed by atoms with Gasteiger partial charge in [0.15, 0.2) is 6.29 Å². The first kappa shape index (κ1) is 14.7. The van der Waals surface area contributed by atoms with Crippen molar-refractivity contribution in [3.63, 3.8) is 0 Å². The Bertz CT molecular complexity index is 976. The minimum atomic E-state index is 0.505. The minimum Gasteiger partial charge on any atom is -0.296 e. The van der Waals surface area contributed by atoms with E-state index in [4.69, 9.17) is 4.98 Å². The third-order valence-electron chi connectivity index (χ3n) is 4.44. The average molecular weight is 315 g/mol. The summed E-state index contributed by atoms with van der Waals surface area (Å²) in [5, 5.41) is 1.16. The molecule has 3 heterocycles. The molecule has 0 unspecified atom stereocenters. The van der Waals surface area contributed by atoms with Crippen molar-refractivity contribution in [2.45, 2.75) is 26.3 Å². The summed E-state index contributed by atoms with van der Waals surface area (Å²) in [7, 11) is 0. The smallest absolute Gasteiger partial charge is 0.168 e. The standard InChI is InChI=1S/C20H17N3O/c1-13-2-3-14-4-6-16(23-17(14)10-13)7-5-15-8-9-21-18-11-22-19(12-24)20(15)18/h2-4,6,8-10,12H,5,7,11H2,1H3. The number of aliphatic imine (C=N–C) groups is 1. The first-order valence-electron chi connectivity index (χ1n) is 8.07. The van der Waals surface area contributed by atoms with Gasteiger partial charge >= 0.3 is 0 Å². The number of pyridine rings is 2. The number of carbonyl (C=O) groups excluding carboxylic acids is 1. The number of nitrogens with zero attached hydrogens (tertiary/aromatic N) is 3. The maximum Gasteiger partial charge on any atom is 0.168 e. The summed E-state index contributed by atoms with van der Waals surface area (Å²) in [5.74, 6) is 0. The van der Waals surface area contributed by atoms with Crippen LogP contribution in [0.25, 0.3) is 10.9 Å². The van der Waals surface area contributed by atoms with Gasteiger partial charge in [-0.15, -0.1) is 0 Å². The predicted octanol–water partition coefficient (Wildman–Crippen LogP) is 3.23.